The van der Waals surface area contributed by atoms with Gasteiger partial charge in [-0.05, 0) is 32.1 Å². The summed E-state index contributed by atoms with van der Waals surface area (Å²) in [5, 5.41) is 9.90. The second-order valence-electron chi connectivity index (χ2n) is 4.42. The van der Waals surface area contributed by atoms with Crippen molar-refractivity contribution >= 4 is 11.8 Å². The zero-order chi connectivity index (χ0) is 15.1. The first-order valence-corrected chi connectivity index (χ1v) is 6.73. The molecule has 0 amide bonds. The normalized spacial score (nSPS) is 10.6. The van der Waals surface area contributed by atoms with E-state index in [0.29, 0.717) is 6.54 Å². The van der Waals surface area contributed by atoms with Gasteiger partial charge in [0.15, 0.2) is 5.78 Å². The van der Waals surface area contributed by atoms with Crippen LogP contribution in [0.2, 0.25) is 0 Å². The highest BCUT2D eigenvalue weighted by molar-refractivity contribution is 6.02. The molecule has 1 N–H and O–H groups in total. The average Bonchev–Trinajstić information content (AvgIpc) is 2.43. The van der Waals surface area contributed by atoms with Crippen molar-refractivity contribution < 1.29 is 19.4 Å². The Morgan fingerprint density at radius 3 is 2.35 bits per heavy atom. The highest BCUT2D eigenvalue weighted by atomic mass is 16.5. The first-order valence-electron chi connectivity index (χ1n) is 6.73. The van der Waals surface area contributed by atoms with Gasteiger partial charge < -0.3 is 14.7 Å². The molecule has 20 heavy (non-hydrogen) atoms. The third-order valence-electron chi connectivity index (χ3n) is 3.17. The van der Waals surface area contributed by atoms with Gasteiger partial charge in [-0.3, -0.25) is 4.79 Å². The summed E-state index contributed by atoms with van der Waals surface area (Å²) in [5.41, 5.74) is 0.153. The lowest BCUT2D eigenvalue weighted by atomic mass is 10.1. The number of likely N-dealkylation sites (N-methyl/N-ethyl adjacent to an activating group) is 1. The number of benzene rings is 1. The van der Waals surface area contributed by atoms with Gasteiger partial charge in [0.25, 0.3) is 0 Å². The van der Waals surface area contributed by atoms with E-state index in [1.54, 1.807) is 6.07 Å². The van der Waals surface area contributed by atoms with Crippen molar-refractivity contribution in [3.63, 3.8) is 0 Å². The van der Waals surface area contributed by atoms with Crippen molar-refractivity contribution in [3.05, 3.63) is 29.3 Å². The second kappa shape index (κ2) is 7.65. The first kappa shape index (κ1) is 16.2. The molecule has 0 saturated heterocycles. The van der Waals surface area contributed by atoms with Crippen LogP contribution in [0.15, 0.2) is 18.2 Å². The molecule has 0 heterocycles. The van der Waals surface area contributed by atoms with Crippen molar-refractivity contribution in [1.29, 1.82) is 0 Å². The molecule has 0 spiro atoms. The van der Waals surface area contributed by atoms with Crippen molar-refractivity contribution in [2.24, 2.45) is 0 Å². The SMILES string of the molecule is CCN(CC)CCOC(=O)c1cccc(C(C)=O)c1O. The van der Waals surface area contributed by atoms with Crippen LogP contribution in [0, 0.1) is 0 Å². The number of carbonyl (C=O) groups excluding carboxylic acids is 2. The molecule has 5 heteroatoms. The van der Waals surface area contributed by atoms with Gasteiger partial charge in [-0.25, -0.2) is 4.79 Å². The number of phenolic OH excluding ortho intramolecular Hbond substituents is 1. The number of phenols is 1. The number of rotatable bonds is 7. The molecule has 0 saturated carbocycles. The standard InChI is InChI=1S/C15H21NO4/c1-4-16(5-2)9-10-20-15(19)13-8-6-7-12(11(3)17)14(13)18/h6-8,18H,4-5,9-10H2,1-3H3. The van der Waals surface area contributed by atoms with Gasteiger partial charge in [-0.2, -0.15) is 0 Å². The molecule has 110 valence electrons. The number of hydrogen-bond acceptors (Lipinski definition) is 5. The van der Waals surface area contributed by atoms with Crippen LogP contribution >= 0.6 is 0 Å². The van der Waals surface area contributed by atoms with Crippen LogP contribution in [0.5, 0.6) is 5.75 Å². The number of nitrogens with zero attached hydrogens (tertiary/aromatic N) is 1. The predicted molar refractivity (Wildman–Crippen MR) is 76.2 cm³/mol. The minimum atomic E-state index is -0.613. The Hall–Kier alpha value is -1.88. The van der Waals surface area contributed by atoms with E-state index in [2.05, 4.69) is 4.90 Å². The average molecular weight is 279 g/mol. The molecule has 1 aromatic rings. The van der Waals surface area contributed by atoms with Gasteiger partial charge in [-0.1, -0.05) is 19.9 Å². The molecule has 0 aromatic heterocycles. The maximum absolute atomic E-state index is 11.9. The van der Waals surface area contributed by atoms with Crippen LogP contribution in [0.25, 0.3) is 0 Å². The fourth-order valence-corrected chi connectivity index (χ4v) is 1.88. The highest BCUT2D eigenvalue weighted by Crippen LogP contribution is 2.23. The van der Waals surface area contributed by atoms with E-state index in [1.807, 2.05) is 13.8 Å². The molecule has 0 aliphatic rings. The van der Waals surface area contributed by atoms with Crippen LogP contribution in [-0.2, 0) is 4.74 Å². The minimum Gasteiger partial charge on any atom is -0.506 e. The molecule has 0 bridgehead atoms. The lowest BCUT2D eigenvalue weighted by molar-refractivity contribution is 0.0463. The van der Waals surface area contributed by atoms with Gasteiger partial charge in [0.05, 0.1) is 5.56 Å². The maximum Gasteiger partial charge on any atom is 0.341 e. The van der Waals surface area contributed by atoms with Gasteiger partial charge in [0.2, 0.25) is 0 Å². The van der Waals surface area contributed by atoms with Crippen LogP contribution in [0.4, 0.5) is 0 Å². The Bertz CT molecular complexity index is 481. The number of ketones is 1. The largest absolute Gasteiger partial charge is 0.506 e. The summed E-state index contributed by atoms with van der Waals surface area (Å²) in [5.74, 6) is -1.22. The van der Waals surface area contributed by atoms with E-state index in [9.17, 15) is 14.7 Å². The van der Waals surface area contributed by atoms with Crippen LogP contribution < -0.4 is 0 Å². The number of ether oxygens (including phenoxy) is 1. The quantitative estimate of drug-likeness (QED) is 0.611. The van der Waals surface area contributed by atoms with Gasteiger partial charge in [0.1, 0.15) is 17.9 Å². The summed E-state index contributed by atoms with van der Waals surface area (Å²) >= 11 is 0. The Balaban J connectivity index is 2.69. The molecule has 0 aliphatic carbocycles. The van der Waals surface area contributed by atoms with Crippen LogP contribution in [-0.4, -0.2) is 48.0 Å². The maximum atomic E-state index is 11.9. The number of esters is 1. The third-order valence-corrected chi connectivity index (χ3v) is 3.17. The molecule has 0 radical (unpaired) electrons. The molecular formula is C15H21NO4. The highest BCUT2D eigenvalue weighted by Gasteiger charge is 2.17. The van der Waals surface area contributed by atoms with Gasteiger partial charge >= 0.3 is 5.97 Å². The molecule has 1 rings (SSSR count). The number of carbonyl (C=O) groups is 2. The van der Waals surface area contributed by atoms with Crippen molar-refractivity contribution in [3.8, 4) is 5.75 Å². The smallest absolute Gasteiger partial charge is 0.341 e. The second-order valence-corrected chi connectivity index (χ2v) is 4.42. The van der Waals surface area contributed by atoms with E-state index < -0.39 is 5.97 Å². The van der Waals surface area contributed by atoms with Crippen molar-refractivity contribution in [1.82, 2.24) is 4.90 Å². The summed E-state index contributed by atoms with van der Waals surface area (Å²) < 4.78 is 5.13. The fourth-order valence-electron chi connectivity index (χ4n) is 1.88. The third kappa shape index (κ3) is 4.06. The molecule has 0 atom stereocenters. The Labute approximate surface area is 119 Å². The molecule has 0 fully saturated rings. The van der Waals surface area contributed by atoms with Gasteiger partial charge in [0, 0.05) is 6.54 Å². The van der Waals surface area contributed by atoms with Crippen LogP contribution in [0.1, 0.15) is 41.5 Å². The summed E-state index contributed by atoms with van der Waals surface area (Å²) in [6.45, 7) is 8.08. The summed E-state index contributed by atoms with van der Waals surface area (Å²) in [6, 6.07) is 4.48. The topological polar surface area (TPSA) is 66.8 Å². The summed E-state index contributed by atoms with van der Waals surface area (Å²) in [6.07, 6.45) is 0. The van der Waals surface area contributed by atoms with Gasteiger partial charge in [-0.15, -0.1) is 0 Å². The number of aromatic hydroxyl groups is 1. The zero-order valence-corrected chi connectivity index (χ0v) is 12.2. The van der Waals surface area contributed by atoms with E-state index in [-0.39, 0.29) is 29.3 Å². The fraction of sp³-hybridized carbons (Fsp3) is 0.467. The molecule has 0 unspecified atom stereocenters. The lowest BCUT2D eigenvalue weighted by Crippen LogP contribution is -2.27. The molecule has 0 aliphatic heterocycles. The van der Waals surface area contributed by atoms with E-state index in [1.165, 1.54) is 19.1 Å². The van der Waals surface area contributed by atoms with Crippen LogP contribution in [0.3, 0.4) is 0 Å². The van der Waals surface area contributed by atoms with E-state index in [0.717, 1.165) is 13.1 Å². The Morgan fingerprint density at radius 2 is 1.80 bits per heavy atom. The molecule has 1 aromatic carbocycles. The van der Waals surface area contributed by atoms with Crippen molar-refractivity contribution in [2.45, 2.75) is 20.8 Å². The number of hydrogen-bond donors (Lipinski definition) is 1. The monoisotopic (exact) mass is 279 g/mol. The predicted octanol–water partition coefficient (Wildman–Crippen LogP) is 2.09. The first-order chi connectivity index (χ1) is 9.51. The van der Waals surface area contributed by atoms with Crippen molar-refractivity contribution in [2.75, 3.05) is 26.2 Å². The Kier molecular flexibility index (Phi) is 6.18. The summed E-state index contributed by atoms with van der Waals surface area (Å²) in [7, 11) is 0. The zero-order valence-electron chi connectivity index (χ0n) is 12.2. The van der Waals surface area contributed by atoms with E-state index >= 15 is 0 Å². The lowest BCUT2D eigenvalue weighted by Gasteiger charge is -2.17. The number of para-hydroxylation sites is 1. The Morgan fingerprint density at radius 1 is 1.20 bits per heavy atom. The number of Topliss-reactive ketones (excluding diaryl/α,β-unsaturated/α-hetero) is 1. The summed E-state index contributed by atoms with van der Waals surface area (Å²) in [4.78, 5) is 25.3. The van der Waals surface area contributed by atoms with E-state index in [4.69, 9.17) is 4.74 Å². The minimum absolute atomic E-state index is 0.0252. The molecule has 5 nitrogen and oxygen atoms in total. The molecular weight excluding hydrogens is 258 g/mol.